The molecule has 0 aromatic carbocycles. The first-order valence-electron chi connectivity index (χ1n) is 6.99. The van der Waals surface area contributed by atoms with Crippen molar-refractivity contribution >= 4 is 5.91 Å². The van der Waals surface area contributed by atoms with E-state index in [-0.39, 0.29) is 11.8 Å². The van der Waals surface area contributed by atoms with E-state index in [1.54, 1.807) is 12.4 Å². The minimum absolute atomic E-state index is 0.00528. The quantitative estimate of drug-likeness (QED) is 0.807. The van der Waals surface area contributed by atoms with Crippen LogP contribution in [0.3, 0.4) is 0 Å². The summed E-state index contributed by atoms with van der Waals surface area (Å²) >= 11 is 0. The maximum absolute atomic E-state index is 12.5. The van der Waals surface area contributed by atoms with Crippen molar-refractivity contribution in [3.05, 3.63) is 30.1 Å². The lowest BCUT2D eigenvalue weighted by atomic mass is 10.0. The van der Waals surface area contributed by atoms with E-state index in [1.807, 2.05) is 45.0 Å². The van der Waals surface area contributed by atoms with Crippen LogP contribution in [0.5, 0.6) is 0 Å². The SMILES string of the molecule is CC(C)[C@@H](N)C(=O)N(CCN(C)C)Cc1cccnc1. The molecule has 112 valence electrons. The molecule has 5 heteroatoms. The van der Waals surface area contributed by atoms with Gasteiger partial charge in [-0.05, 0) is 31.6 Å². The molecule has 0 aliphatic carbocycles. The second-order valence-electron chi connectivity index (χ2n) is 5.69. The lowest BCUT2D eigenvalue weighted by Gasteiger charge is -2.28. The van der Waals surface area contributed by atoms with E-state index < -0.39 is 6.04 Å². The van der Waals surface area contributed by atoms with Crippen LogP contribution in [-0.2, 0) is 11.3 Å². The fourth-order valence-corrected chi connectivity index (χ4v) is 1.80. The highest BCUT2D eigenvalue weighted by Crippen LogP contribution is 2.08. The van der Waals surface area contributed by atoms with Crippen molar-refractivity contribution in [3.63, 3.8) is 0 Å². The summed E-state index contributed by atoms with van der Waals surface area (Å²) < 4.78 is 0. The molecule has 0 saturated heterocycles. The molecular weight excluding hydrogens is 252 g/mol. The lowest BCUT2D eigenvalue weighted by Crippen LogP contribution is -2.48. The van der Waals surface area contributed by atoms with Gasteiger partial charge in [0.15, 0.2) is 0 Å². The van der Waals surface area contributed by atoms with Crippen molar-refractivity contribution in [3.8, 4) is 0 Å². The third-order valence-corrected chi connectivity index (χ3v) is 3.23. The maximum atomic E-state index is 12.5. The van der Waals surface area contributed by atoms with Gasteiger partial charge in [0.05, 0.1) is 6.04 Å². The van der Waals surface area contributed by atoms with Gasteiger partial charge < -0.3 is 15.5 Å². The molecule has 2 N–H and O–H groups in total. The Hall–Kier alpha value is -1.46. The number of amides is 1. The summed E-state index contributed by atoms with van der Waals surface area (Å²) in [5.74, 6) is 0.143. The van der Waals surface area contributed by atoms with E-state index in [0.29, 0.717) is 13.1 Å². The summed E-state index contributed by atoms with van der Waals surface area (Å²) in [4.78, 5) is 20.4. The predicted octanol–water partition coefficient (Wildman–Crippen LogP) is 0.955. The normalized spacial score (nSPS) is 12.8. The molecule has 0 bridgehead atoms. The highest BCUT2D eigenvalue weighted by molar-refractivity contribution is 5.81. The van der Waals surface area contributed by atoms with Gasteiger partial charge in [0, 0.05) is 32.0 Å². The Bertz CT molecular complexity index is 406. The highest BCUT2D eigenvalue weighted by Gasteiger charge is 2.23. The van der Waals surface area contributed by atoms with Crippen LogP contribution < -0.4 is 5.73 Å². The molecule has 1 rings (SSSR count). The van der Waals surface area contributed by atoms with Gasteiger partial charge in [-0.25, -0.2) is 0 Å². The zero-order valence-electron chi connectivity index (χ0n) is 12.9. The van der Waals surface area contributed by atoms with Crippen LogP contribution in [0.25, 0.3) is 0 Å². The van der Waals surface area contributed by atoms with E-state index in [1.165, 1.54) is 0 Å². The third-order valence-electron chi connectivity index (χ3n) is 3.23. The molecule has 0 fully saturated rings. The number of nitrogens with two attached hydrogens (primary N) is 1. The van der Waals surface area contributed by atoms with Gasteiger partial charge in [-0.3, -0.25) is 9.78 Å². The summed E-state index contributed by atoms with van der Waals surface area (Å²) in [6, 6.07) is 3.41. The number of carbonyl (C=O) groups is 1. The maximum Gasteiger partial charge on any atom is 0.240 e. The van der Waals surface area contributed by atoms with Gasteiger partial charge in [0.1, 0.15) is 0 Å². The zero-order chi connectivity index (χ0) is 15.1. The van der Waals surface area contributed by atoms with Crippen molar-refractivity contribution in [2.45, 2.75) is 26.4 Å². The van der Waals surface area contributed by atoms with Gasteiger partial charge in [-0.2, -0.15) is 0 Å². The van der Waals surface area contributed by atoms with E-state index in [4.69, 9.17) is 5.73 Å². The molecule has 1 aromatic heterocycles. The molecule has 0 aliphatic heterocycles. The topological polar surface area (TPSA) is 62.5 Å². The van der Waals surface area contributed by atoms with Gasteiger partial charge >= 0.3 is 0 Å². The minimum Gasteiger partial charge on any atom is -0.336 e. The molecular formula is C15H26N4O. The van der Waals surface area contributed by atoms with Crippen LogP contribution in [0.15, 0.2) is 24.5 Å². The standard InChI is InChI=1S/C15H26N4O/c1-12(2)14(16)15(20)19(9-8-18(3)4)11-13-6-5-7-17-10-13/h5-7,10,12,14H,8-9,11,16H2,1-4H3/t14-/m1/s1. The van der Waals surface area contributed by atoms with Gasteiger partial charge in [-0.1, -0.05) is 19.9 Å². The number of hydrogen-bond acceptors (Lipinski definition) is 4. The molecule has 0 spiro atoms. The molecule has 1 aromatic rings. The second-order valence-corrected chi connectivity index (χ2v) is 5.69. The molecule has 5 nitrogen and oxygen atoms in total. The van der Waals surface area contributed by atoms with Gasteiger partial charge in [0.25, 0.3) is 0 Å². The first-order valence-corrected chi connectivity index (χ1v) is 6.99. The Morgan fingerprint density at radius 1 is 1.35 bits per heavy atom. The number of aromatic nitrogens is 1. The van der Waals surface area contributed by atoms with E-state index in [0.717, 1.165) is 12.1 Å². The molecule has 0 aliphatic rings. The smallest absolute Gasteiger partial charge is 0.240 e. The third kappa shape index (κ3) is 5.27. The van der Waals surface area contributed by atoms with Crippen molar-refractivity contribution in [1.82, 2.24) is 14.8 Å². The van der Waals surface area contributed by atoms with Crippen LogP contribution >= 0.6 is 0 Å². The Labute approximate surface area is 121 Å². The van der Waals surface area contributed by atoms with Crippen LogP contribution in [0.1, 0.15) is 19.4 Å². The molecule has 0 radical (unpaired) electrons. The number of hydrogen-bond donors (Lipinski definition) is 1. The fraction of sp³-hybridized carbons (Fsp3) is 0.600. The number of carbonyl (C=O) groups excluding carboxylic acids is 1. The van der Waals surface area contributed by atoms with Gasteiger partial charge in [0.2, 0.25) is 5.91 Å². The van der Waals surface area contributed by atoms with E-state index >= 15 is 0 Å². The molecule has 0 unspecified atom stereocenters. The zero-order valence-corrected chi connectivity index (χ0v) is 12.9. The van der Waals surface area contributed by atoms with Crippen molar-refractivity contribution in [2.75, 3.05) is 27.2 Å². The number of pyridine rings is 1. The Morgan fingerprint density at radius 3 is 2.55 bits per heavy atom. The Morgan fingerprint density at radius 2 is 2.05 bits per heavy atom. The largest absolute Gasteiger partial charge is 0.336 e. The van der Waals surface area contributed by atoms with E-state index in [9.17, 15) is 4.79 Å². The summed E-state index contributed by atoms with van der Waals surface area (Å²) in [7, 11) is 3.99. The number of rotatable bonds is 7. The Balaban J connectivity index is 2.76. The van der Waals surface area contributed by atoms with Gasteiger partial charge in [-0.15, -0.1) is 0 Å². The van der Waals surface area contributed by atoms with Crippen LogP contribution in [0.2, 0.25) is 0 Å². The second kappa shape index (κ2) is 7.97. The average Bonchev–Trinajstić information content (AvgIpc) is 2.42. The van der Waals surface area contributed by atoms with Crippen molar-refractivity contribution in [2.24, 2.45) is 11.7 Å². The molecule has 0 saturated carbocycles. The first kappa shape index (κ1) is 16.6. The summed E-state index contributed by atoms with van der Waals surface area (Å²) in [5, 5.41) is 0. The monoisotopic (exact) mass is 278 g/mol. The average molecular weight is 278 g/mol. The predicted molar refractivity (Wildman–Crippen MR) is 81.0 cm³/mol. The fourth-order valence-electron chi connectivity index (χ4n) is 1.80. The first-order chi connectivity index (χ1) is 9.41. The Kier molecular flexibility index (Phi) is 6.61. The molecule has 20 heavy (non-hydrogen) atoms. The van der Waals surface area contributed by atoms with E-state index in [2.05, 4.69) is 9.88 Å². The molecule has 1 amide bonds. The van der Waals surface area contributed by atoms with Crippen molar-refractivity contribution in [1.29, 1.82) is 0 Å². The van der Waals surface area contributed by atoms with Crippen LogP contribution in [0.4, 0.5) is 0 Å². The van der Waals surface area contributed by atoms with Crippen LogP contribution in [0, 0.1) is 5.92 Å². The lowest BCUT2D eigenvalue weighted by molar-refractivity contribution is -0.134. The molecule has 1 atom stereocenters. The van der Waals surface area contributed by atoms with Crippen LogP contribution in [-0.4, -0.2) is 53.9 Å². The number of nitrogens with zero attached hydrogens (tertiary/aromatic N) is 3. The summed E-state index contributed by atoms with van der Waals surface area (Å²) in [6.45, 7) is 5.98. The van der Waals surface area contributed by atoms with Crippen molar-refractivity contribution < 1.29 is 4.79 Å². The minimum atomic E-state index is -0.450. The summed E-state index contributed by atoms with van der Waals surface area (Å²) in [6.07, 6.45) is 3.52. The number of likely N-dealkylation sites (N-methyl/N-ethyl adjacent to an activating group) is 1. The summed E-state index contributed by atoms with van der Waals surface area (Å²) in [5.41, 5.74) is 7.02. The highest BCUT2D eigenvalue weighted by atomic mass is 16.2. The molecule has 1 heterocycles.